The number of amides is 1. The van der Waals surface area contributed by atoms with E-state index in [1.165, 1.54) is 43.5 Å². The molecule has 2 aromatic carbocycles. The smallest absolute Gasteiger partial charge is 0.261 e. The molecule has 0 unspecified atom stereocenters. The van der Waals surface area contributed by atoms with Gasteiger partial charge in [-0.05, 0) is 42.5 Å². The number of rotatable bonds is 7. The monoisotopic (exact) mass is 398 g/mol. The van der Waals surface area contributed by atoms with Crippen molar-refractivity contribution in [3.8, 4) is 0 Å². The first-order valence-corrected chi connectivity index (χ1v) is 10.7. The topological polar surface area (TPSA) is 119 Å². The standard InChI is InChI=1S/C16H18N2O6S2/c1-24-11-16(19)17-12-4-3-5-13(10-12)18-26(22,23)15-8-6-14(7-9-15)25(2,20)21/h3-10,18H,11H2,1-2H3,(H,17,19). The van der Waals surface area contributed by atoms with Crippen molar-refractivity contribution in [2.24, 2.45) is 0 Å². The Hall–Kier alpha value is -2.43. The lowest BCUT2D eigenvalue weighted by molar-refractivity contribution is -0.119. The maximum Gasteiger partial charge on any atom is 0.261 e. The van der Waals surface area contributed by atoms with E-state index in [0.29, 0.717) is 5.69 Å². The van der Waals surface area contributed by atoms with Gasteiger partial charge in [0.05, 0.1) is 15.5 Å². The van der Waals surface area contributed by atoms with Crippen LogP contribution in [0.15, 0.2) is 58.3 Å². The fourth-order valence-electron chi connectivity index (χ4n) is 2.07. The van der Waals surface area contributed by atoms with Crippen LogP contribution in [0.25, 0.3) is 0 Å². The second-order valence-corrected chi connectivity index (χ2v) is 9.11. The third-order valence-electron chi connectivity index (χ3n) is 3.24. The summed E-state index contributed by atoms with van der Waals surface area (Å²) in [6, 6.07) is 11.0. The molecule has 0 radical (unpaired) electrons. The number of hydrogen-bond donors (Lipinski definition) is 2. The second-order valence-electron chi connectivity index (χ2n) is 5.41. The average molecular weight is 398 g/mol. The van der Waals surface area contributed by atoms with Crippen LogP contribution < -0.4 is 10.0 Å². The molecule has 0 saturated heterocycles. The second kappa shape index (κ2) is 7.85. The molecule has 0 fully saturated rings. The zero-order valence-corrected chi connectivity index (χ0v) is 15.7. The SMILES string of the molecule is COCC(=O)Nc1cccc(NS(=O)(=O)c2ccc(S(C)(=O)=O)cc2)c1. The Bertz CT molecular complexity index is 999. The number of nitrogens with one attached hydrogen (secondary N) is 2. The van der Waals surface area contributed by atoms with Crippen LogP contribution in [-0.4, -0.2) is 42.7 Å². The lowest BCUT2D eigenvalue weighted by Gasteiger charge is -2.10. The molecule has 0 bridgehead atoms. The van der Waals surface area contributed by atoms with Crippen LogP contribution in [-0.2, 0) is 29.4 Å². The van der Waals surface area contributed by atoms with E-state index in [-0.39, 0.29) is 28.0 Å². The molecule has 0 saturated carbocycles. The van der Waals surface area contributed by atoms with Gasteiger partial charge >= 0.3 is 0 Å². The van der Waals surface area contributed by atoms with Crippen LogP contribution in [0.4, 0.5) is 11.4 Å². The van der Waals surface area contributed by atoms with E-state index in [1.807, 2.05) is 0 Å². The number of sulfone groups is 1. The molecule has 2 rings (SSSR count). The lowest BCUT2D eigenvalue weighted by atomic mass is 10.3. The molecule has 2 N–H and O–H groups in total. The highest BCUT2D eigenvalue weighted by Crippen LogP contribution is 2.20. The molecular weight excluding hydrogens is 380 g/mol. The third-order valence-corrected chi connectivity index (χ3v) is 5.76. The molecule has 10 heteroatoms. The van der Waals surface area contributed by atoms with E-state index in [2.05, 4.69) is 10.0 Å². The highest BCUT2D eigenvalue weighted by atomic mass is 32.2. The van der Waals surface area contributed by atoms with Gasteiger partial charge in [-0.15, -0.1) is 0 Å². The van der Waals surface area contributed by atoms with Gasteiger partial charge in [0.15, 0.2) is 9.84 Å². The number of benzene rings is 2. The molecule has 0 aliphatic carbocycles. The van der Waals surface area contributed by atoms with Gasteiger partial charge in [-0.25, -0.2) is 16.8 Å². The van der Waals surface area contributed by atoms with Crippen molar-refractivity contribution >= 4 is 37.1 Å². The molecule has 0 atom stereocenters. The summed E-state index contributed by atoms with van der Waals surface area (Å²) in [4.78, 5) is 11.5. The summed E-state index contributed by atoms with van der Waals surface area (Å²) in [5.74, 6) is -0.371. The fraction of sp³-hybridized carbons (Fsp3) is 0.188. The Kier molecular flexibility index (Phi) is 6.01. The maximum atomic E-state index is 12.4. The Labute approximate surface area is 152 Å². The summed E-state index contributed by atoms with van der Waals surface area (Å²) in [5, 5.41) is 2.57. The van der Waals surface area contributed by atoms with Crippen LogP contribution in [0.5, 0.6) is 0 Å². The van der Waals surface area contributed by atoms with E-state index >= 15 is 0 Å². The maximum absolute atomic E-state index is 12.4. The first kappa shape index (κ1) is 19.9. The minimum Gasteiger partial charge on any atom is -0.375 e. The number of carbonyl (C=O) groups is 1. The average Bonchev–Trinajstić information content (AvgIpc) is 2.54. The number of carbonyl (C=O) groups excluding carboxylic acids is 1. The zero-order chi connectivity index (χ0) is 19.4. The molecule has 0 aliphatic heterocycles. The summed E-state index contributed by atoms with van der Waals surface area (Å²) in [7, 11) is -5.94. The summed E-state index contributed by atoms with van der Waals surface area (Å²) in [6.07, 6.45) is 1.04. The lowest BCUT2D eigenvalue weighted by Crippen LogP contribution is -2.17. The van der Waals surface area contributed by atoms with Gasteiger partial charge in [0.2, 0.25) is 5.91 Å². The number of hydrogen-bond acceptors (Lipinski definition) is 6. The first-order chi connectivity index (χ1) is 12.1. The van der Waals surface area contributed by atoms with Crippen molar-refractivity contribution in [1.82, 2.24) is 0 Å². The number of anilines is 2. The predicted molar refractivity (Wildman–Crippen MR) is 97.3 cm³/mol. The minimum atomic E-state index is -3.91. The van der Waals surface area contributed by atoms with Crippen molar-refractivity contribution in [2.75, 3.05) is 30.0 Å². The van der Waals surface area contributed by atoms with E-state index < -0.39 is 19.9 Å². The Morgan fingerprint density at radius 1 is 0.962 bits per heavy atom. The van der Waals surface area contributed by atoms with Crippen molar-refractivity contribution in [2.45, 2.75) is 9.79 Å². The highest BCUT2D eigenvalue weighted by molar-refractivity contribution is 7.92. The van der Waals surface area contributed by atoms with E-state index in [0.717, 1.165) is 6.26 Å². The molecule has 0 aromatic heterocycles. The molecule has 0 aliphatic rings. The molecular formula is C16H18N2O6S2. The Morgan fingerprint density at radius 3 is 2.12 bits per heavy atom. The van der Waals surface area contributed by atoms with Gasteiger partial charge in [-0.3, -0.25) is 9.52 Å². The van der Waals surface area contributed by atoms with Crippen molar-refractivity contribution < 1.29 is 26.4 Å². The van der Waals surface area contributed by atoms with E-state index in [1.54, 1.807) is 12.1 Å². The van der Waals surface area contributed by atoms with Crippen molar-refractivity contribution in [1.29, 1.82) is 0 Å². The predicted octanol–water partition coefficient (Wildman–Crippen LogP) is 1.48. The molecule has 140 valence electrons. The molecule has 0 spiro atoms. The zero-order valence-electron chi connectivity index (χ0n) is 14.1. The van der Waals surface area contributed by atoms with Gasteiger partial charge in [0.25, 0.3) is 10.0 Å². The van der Waals surface area contributed by atoms with E-state index in [4.69, 9.17) is 4.74 Å². The van der Waals surface area contributed by atoms with Crippen LogP contribution in [0.2, 0.25) is 0 Å². The van der Waals surface area contributed by atoms with Crippen LogP contribution in [0.1, 0.15) is 0 Å². The van der Waals surface area contributed by atoms with Crippen molar-refractivity contribution in [3.63, 3.8) is 0 Å². The fourth-order valence-corrected chi connectivity index (χ4v) is 3.75. The van der Waals surface area contributed by atoms with Gasteiger partial charge in [-0.2, -0.15) is 0 Å². The number of ether oxygens (including phenoxy) is 1. The number of sulfonamides is 1. The van der Waals surface area contributed by atoms with Crippen LogP contribution in [0.3, 0.4) is 0 Å². The van der Waals surface area contributed by atoms with Crippen LogP contribution >= 0.6 is 0 Å². The summed E-state index contributed by atoms with van der Waals surface area (Å²) in [6.45, 7) is -0.122. The largest absolute Gasteiger partial charge is 0.375 e. The molecule has 26 heavy (non-hydrogen) atoms. The highest BCUT2D eigenvalue weighted by Gasteiger charge is 2.16. The quantitative estimate of drug-likeness (QED) is 0.729. The number of methoxy groups -OCH3 is 1. The van der Waals surface area contributed by atoms with Gasteiger partial charge in [0.1, 0.15) is 6.61 Å². The first-order valence-electron chi connectivity index (χ1n) is 7.33. The van der Waals surface area contributed by atoms with Gasteiger partial charge in [-0.1, -0.05) is 6.07 Å². The molecule has 2 aromatic rings. The van der Waals surface area contributed by atoms with Gasteiger partial charge in [0, 0.05) is 19.1 Å². The molecule has 0 heterocycles. The summed E-state index contributed by atoms with van der Waals surface area (Å²) < 4.78 is 54.8. The molecule has 8 nitrogen and oxygen atoms in total. The van der Waals surface area contributed by atoms with Crippen LogP contribution in [0, 0.1) is 0 Å². The minimum absolute atomic E-state index is 0.0271. The van der Waals surface area contributed by atoms with Crippen molar-refractivity contribution in [3.05, 3.63) is 48.5 Å². The molecule has 1 amide bonds. The Balaban J connectivity index is 2.20. The Morgan fingerprint density at radius 2 is 1.54 bits per heavy atom. The summed E-state index contributed by atoms with van der Waals surface area (Å²) in [5.41, 5.74) is 0.645. The van der Waals surface area contributed by atoms with Gasteiger partial charge < -0.3 is 10.1 Å². The summed E-state index contributed by atoms with van der Waals surface area (Å²) >= 11 is 0. The normalized spacial score (nSPS) is 11.8. The van der Waals surface area contributed by atoms with E-state index in [9.17, 15) is 21.6 Å². The third kappa shape index (κ3) is 5.28.